The van der Waals surface area contributed by atoms with E-state index in [0.29, 0.717) is 0 Å². The minimum Gasteiger partial charge on any atom is -0.494 e. The first kappa shape index (κ1) is 39.2. The van der Waals surface area contributed by atoms with Crippen LogP contribution in [0.4, 0.5) is 0 Å². The molecular weight excluding hydrogens is 753 g/mol. The monoisotopic (exact) mass is 800 g/mol. The van der Waals surface area contributed by atoms with E-state index in [2.05, 4.69) is 149 Å². The van der Waals surface area contributed by atoms with E-state index in [1.807, 2.05) is 34.4 Å². The molecule has 0 atom stereocenters. The molecule has 9 heteroatoms. The fourth-order valence-electron chi connectivity index (χ4n) is 5.34. The Bertz CT molecular complexity index is 1710. The van der Waals surface area contributed by atoms with Gasteiger partial charge in [0.1, 0.15) is 44.8 Å². The zero-order valence-electron chi connectivity index (χ0n) is 30.9. The standard InChI is InChI=1S/C44H48O4S5/c1-5-29-45-33-9-17-37(18-10-33)52(38-19-11-34(12-20-38)46-30-6-2)43-27-25-41(50-43)49-42-26-28-44(51-42)53(39-21-13-35(14-22-39)47-31-7-3)40-23-15-36(16-24-40)48-32-8-4/h9-28H,5-8,29-32H2,1-4H3/q+2. The summed E-state index contributed by atoms with van der Waals surface area (Å²) >= 11 is 5.62. The van der Waals surface area contributed by atoms with Crippen molar-refractivity contribution in [1.29, 1.82) is 0 Å². The molecule has 0 aliphatic rings. The summed E-state index contributed by atoms with van der Waals surface area (Å²) < 4.78 is 28.9. The van der Waals surface area contributed by atoms with Crippen LogP contribution in [0, 0.1) is 0 Å². The van der Waals surface area contributed by atoms with Crippen molar-refractivity contribution in [1.82, 2.24) is 0 Å². The van der Waals surface area contributed by atoms with E-state index in [-0.39, 0.29) is 21.8 Å². The summed E-state index contributed by atoms with van der Waals surface area (Å²) in [4.78, 5) is 5.09. The van der Waals surface area contributed by atoms with Crippen LogP contribution in [0.3, 0.4) is 0 Å². The van der Waals surface area contributed by atoms with Gasteiger partial charge in [-0.1, -0.05) is 62.1 Å². The maximum absolute atomic E-state index is 5.92. The van der Waals surface area contributed by atoms with Crippen molar-refractivity contribution in [3.05, 3.63) is 121 Å². The van der Waals surface area contributed by atoms with Crippen LogP contribution in [0.15, 0.2) is 158 Å². The number of hydrogen-bond acceptors (Lipinski definition) is 7. The van der Waals surface area contributed by atoms with Gasteiger partial charge in [-0.2, -0.15) is 0 Å². The van der Waals surface area contributed by atoms with Gasteiger partial charge in [0.25, 0.3) is 0 Å². The predicted molar refractivity (Wildman–Crippen MR) is 226 cm³/mol. The molecule has 0 saturated carbocycles. The minimum atomic E-state index is -0.262. The Balaban J connectivity index is 1.26. The quantitative estimate of drug-likeness (QED) is 0.0719. The van der Waals surface area contributed by atoms with Crippen LogP contribution in [0.1, 0.15) is 53.4 Å². The van der Waals surface area contributed by atoms with Gasteiger partial charge in [0.15, 0.2) is 19.6 Å². The fraction of sp³-hybridized carbons (Fsp3) is 0.273. The third-order valence-electron chi connectivity index (χ3n) is 7.85. The molecule has 0 N–H and O–H groups in total. The van der Waals surface area contributed by atoms with Gasteiger partial charge in [-0.25, -0.2) is 0 Å². The highest BCUT2D eigenvalue weighted by Gasteiger charge is 2.33. The van der Waals surface area contributed by atoms with Gasteiger partial charge in [0.05, 0.1) is 34.8 Å². The molecule has 0 radical (unpaired) electrons. The molecule has 0 saturated heterocycles. The molecule has 6 rings (SSSR count). The van der Waals surface area contributed by atoms with Crippen molar-refractivity contribution in [3.63, 3.8) is 0 Å². The SMILES string of the molecule is CCCOc1ccc([S+](c2ccc(OCCC)cc2)c2ccc(Sc3ccc([S+](c4ccc(OCCC)cc4)c4ccc(OCCC)cc4)s3)s2)cc1. The van der Waals surface area contributed by atoms with Crippen LogP contribution in [0.5, 0.6) is 23.0 Å². The lowest BCUT2D eigenvalue weighted by Crippen LogP contribution is -2.04. The van der Waals surface area contributed by atoms with Gasteiger partial charge in [-0.05, 0) is 135 Å². The molecule has 4 aromatic carbocycles. The van der Waals surface area contributed by atoms with E-state index in [9.17, 15) is 0 Å². The summed E-state index contributed by atoms with van der Waals surface area (Å²) in [6.07, 6.45) is 3.96. The second-order valence-corrected chi connectivity index (χ2v) is 20.4. The molecule has 53 heavy (non-hydrogen) atoms. The average molecular weight is 801 g/mol. The molecule has 0 amide bonds. The van der Waals surface area contributed by atoms with Crippen molar-refractivity contribution in [2.75, 3.05) is 26.4 Å². The Kier molecular flexibility index (Phi) is 15.0. The first-order valence-electron chi connectivity index (χ1n) is 18.4. The van der Waals surface area contributed by atoms with Gasteiger partial charge in [0, 0.05) is 12.1 Å². The molecule has 0 spiro atoms. The largest absolute Gasteiger partial charge is 0.494 e. The molecule has 4 nitrogen and oxygen atoms in total. The number of benzene rings is 4. The maximum atomic E-state index is 5.92. The van der Waals surface area contributed by atoms with Crippen LogP contribution in [-0.2, 0) is 21.8 Å². The van der Waals surface area contributed by atoms with Crippen molar-refractivity contribution in [3.8, 4) is 23.0 Å². The summed E-state index contributed by atoms with van der Waals surface area (Å²) in [7, 11) is -0.524. The maximum Gasteiger partial charge on any atom is 0.221 e. The lowest BCUT2D eigenvalue weighted by atomic mass is 10.3. The highest BCUT2D eigenvalue weighted by atomic mass is 32.2. The summed E-state index contributed by atoms with van der Waals surface area (Å²) in [5.74, 6) is 3.66. The number of ether oxygens (including phenoxy) is 4. The Morgan fingerprint density at radius 3 is 0.887 bits per heavy atom. The third kappa shape index (κ3) is 10.8. The van der Waals surface area contributed by atoms with Crippen LogP contribution in [-0.4, -0.2) is 26.4 Å². The summed E-state index contributed by atoms with van der Waals surface area (Å²) in [6.45, 7) is 11.4. The summed E-state index contributed by atoms with van der Waals surface area (Å²) in [6, 6.07) is 43.8. The fourth-order valence-corrected chi connectivity index (χ4v) is 14.5. The van der Waals surface area contributed by atoms with E-state index >= 15 is 0 Å². The lowest BCUT2D eigenvalue weighted by molar-refractivity contribution is 0.317. The molecule has 0 unspecified atom stereocenters. The van der Waals surface area contributed by atoms with E-state index in [0.717, 1.165) is 75.1 Å². The molecule has 276 valence electrons. The van der Waals surface area contributed by atoms with Crippen LogP contribution in [0.2, 0.25) is 0 Å². The van der Waals surface area contributed by atoms with Gasteiger partial charge in [-0.3, -0.25) is 0 Å². The van der Waals surface area contributed by atoms with Gasteiger partial charge < -0.3 is 18.9 Å². The Hall–Kier alpha value is -3.47. The molecule has 0 bridgehead atoms. The molecule has 6 aromatic rings. The number of thiophene rings is 2. The molecule has 2 aromatic heterocycles. The highest BCUT2D eigenvalue weighted by Crippen LogP contribution is 2.45. The molecule has 0 aliphatic carbocycles. The summed E-state index contributed by atoms with van der Waals surface area (Å²) in [5, 5.41) is 0. The average Bonchev–Trinajstić information content (AvgIpc) is 3.86. The Morgan fingerprint density at radius 1 is 0.377 bits per heavy atom. The van der Waals surface area contributed by atoms with E-state index in [4.69, 9.17) is 18.9 Å². The number of rotatable bonds is 20. The second-order valence-electron chi connectivity index (χ2n) is 12.1. The van der Waals surface area contributed by atoms with Crippen LogP contribution >= 0.6 is 34.4 Å². The van der Waals surface area contributed by atoms with Crippen molar-refractivity contribution >= 4 is 56.2 Å². The summed E-state index contributed by atoms with van der Waals surface area (Å²) in [5.41, 5.74) is 0. The van der Waals surface area contributed by atoms with Crippen molar-refractivity contribution in [2.45, 2.75) is 89.8 Å². The van der Waals surface area contributed by atoms with Gasteiger partial charge in [-0.15, -0.1) is 0 Å². The zero-order chi connectivity index (χ0) is 36.8. The zero-order valence-corrected chi connectivity index (χ0v) is 35.0. The smallest absolute Gasteiger partial charge is 0.221 e. The molecule has 0 fully saturated rings. The van der Waals surface area contributed by atoms with Gasteiger partial charge in [0.2, 0.25) is 8.42 Å². The van der Waals surface area contributed by atoms with E-state index < -0.39 is 0 Å². The predicted octanol–water partition coefficient (Wildman–Crippen LogP) is 13.3. The van der Waals surface area contributed by atoms with Crippen molar-refractivity contribution < 1.29 is 18.9 Å². The van der Waals surface area contributed by atoms with Crippen LogP contribution < -0.4 is 18.9 Å². The van der Waals surface area contributed by atoms with Gasteiger partial charge >= 0.3 is 0 Å². The number of hydrogen-bond donors (Lipinski definition) is 0. The van der Waals surface area contributed by atoms with Crippen LogP contribution in [0.25, 0.3) is 0 Å². The topological polar surface area (TPSA) is 36.9 Å². The first-order chi connectivity index (χ1) is 26.1. The Morgan fingerprint density at radius 2 is 0.642 bits per heavy atom. The lowest BCUT2D eigenvalue weighted by Gasteiger charge is -2.09. The third-order valence-corrected chi connectivity index (χ3v) is 16.4. The first-order valence-corrected chi connectivity index (χ1v) is 23.3. The normalized spacial score (nSPS) is 11.3. The minimum absolute atomic E-state index is 0.262. The second kappa shape index (κ2) is 20.3. The van der Waals surface area contributed by atoms with E-state index in [1.54, 1.807) is 0 Å². The van der Waals surface area contributed by atoms with E-state index in [1.165, 1.54) is 36.4 Å². The molecule has 2 heterocycles. The van der Waals surface area contributed by atoms with Crippen molar-refractivity contribution in [2.24, 2.45) is 0 Å². The molecule has 0 aliphatic heterocycles. The highest BCUT2D eigenvalue weighted by molar-refractivity contribution is 8.04. The Labute approximate surface area is 333 Å². The molecular formula is C44H48O4S5+2.